The first-order valence-electron chi connectivity index (χ1n) is 13.1. The van der Waals surface area contributed by atoms with Gasteiger partial charge >= 0.3 is 0 Å². The van der Waals surface area contributed by atoms with Gasteiger partial charge < -0.3 is 24.8 Å². The highest BCUT2D eigenvalue weighted by Crippen LogP contribution is 2.29. The van der Waals surface area contributed by atoms with Crippen molar-refractivity contribution in [1.29, 1.82) is 0 Å². The molecule has 4 rings (SSSR count). The minimum Gasteiger partial charge on any atom is -0.497 e. The first-order valence-corrected chi connectivity index (χ1v) is 13.1. The van der Waals surface area contributed by atoms with E-state index in [1.807, 2.05) is 31.2 Å². The van der Waals surface area contributed by atoms with Gasteiger partial charge in [0.1, 0.15) is 17.0 Å². The molecule has 37 heavy (non-hydrogen) atoms. The zero-order valence-corrected chi connectivity index (χ0v) is 22.0. The number of allylic oxidation sites excluding steroid dienone is 1. The second-order valence-electron chi connectivity index (χ2n) is 9.95. The standard InChI is InChI=1S/C28H37N5O4/c1-4-16-33-26(35)24-23(25(34)29-15-14-20-8-6-5-7-9-20)31-19-32(24)18-28(33,2)27(36)30-17-21-10-12-22(37-3)13-11-21/h8,10-13,19H,4-7,9,14-18H2,1-3H3,(H,29,34)(H,30,36)/t28-/m1/s1. The molecule has 0 fully saturated rings. The van der Waals surface area contributed by atoms with Gasteiger partial charge in [-0.3, -0.25) is 14.4 Å². The number of benzene rings is 1. The second kappa shape index (κ2) is 11.6. The summed E-state index contributed by atoms with van der Waals surface area (Å²) in [5.74, 6) is -0.223. The van der Waals surface area contributed by atoms with Crippen molar-refractivity contribution in [3.63, 3.8) is 0 Å². The summed E-state index contributed by atoms with van der Waals surface area (Å²) in [6, 6.07) is 7.46. The van der Waals surface area contributed by atoms with E-state index < -0.39 is 5.54 Å². The molecule has 2 heterocycles. The Kier molecular flexibility index (Phi) is 8.31. The molecule has 0 unspecified atom stereocenters. The number of hydrogen-bond acceptors (Lipinski definition) is 5. The van der Waals surface area contributed by atoms with Crippen LogP contribution in [0.5, 0.6) is 5.75 Å². The number of methoxy groups -OCH3 is 1. The predicted octanol–water partition coefficient (Wildman–Crippen LogP) is 3.45. The van der Waals surface area contributed by atoms with Crippen LogP contribution in [0.1, 0.15) is 78.9 Å². The van der Waals surface area contributed by atoms with Crippen LogP contribution in [-0.2, 0) is 17.9 Å². The van der Waals surface area contributed by atoms with Gasteiger partial charge in [-0.25, -0.2) is 4.98 Å². The molecule has 1 aliphatic carbocycles. The second-order valence-corrected chi connectivity index (χ2v) is 9.95. The molecule has 2 aliphatic rings. The molecule has 198 valence electrons. The van der Waals surface area contributed by atoms with Crippen LogP contribution in [0.25, 0.3) is 0 Å². The van der Waals surface area contributed by atoms with Crippen molar-refractivity contribution < 1.29 is 19.1 Å². The number of carbonyl (C=O) groups excluding carboxylic acids is 3. The van der Waals surface area contributed by atoms with Crippen LogP contribution in [0.3, 0.4) is 0 Å². The van der Waals surface area contributed by atoms with Crippen molar-refractivity contribution >= 4 is 17.7 Å². The summed E-state index contributed by atoms with van der Waals surface area (Å²) >= 11 is 0. The third-order valence-corrected chi connectivity index (χ3v) is 7.24. The van der Waals surface area contributed by atoms with E-state index >= 15 is 0 Å². The summed E-state index contributed by atoms with van der Waals surface area (Å²) in [4.78, 5) is 45.9. The van der Waals surface area contributed by atoms with Crippen molar-refractivity contribution in [3.8, 4) is 5.75 Å². The third-order valence-electron chi connectivity index (χ3n) is 7.24. The largest absolute Gasteiger partial charge is 0.497 e. The quantitative estimate of drug-likeness (QED) is 0.479. The van der Waals surface area contributed by atoms with Crippen molar-refractivity contribution in [2.24, 2.45) is 0 Å². The minimum absolute atomic E-state index is 0.115. The number of hydrogen-bond donors (Lipinski definition) is 2. The highest BCUT2D eigenvalue weighted by Gasteiger charge is 2.48. The lowest BCUT2D eigenvalue weighted by Gasteiger charge is -2.43. The lowest BCUT2D eigenvalue weighted by Crippen LogP contribution is -2.64. The van der Waals surface area contributed by atoms with Crippen LogP contribution < -0.4 is 15.4 Å². The van der Waals surface area contributed by atoms with Gasteiger partial charge in [0, 0.05) is 19.6 Å². The van der Waals surface area contributed by atoms with E-state index in [9.17, 15) is 14.4 Å². The fourth-order valence-electron chi connectivity index (χ4n) is 5.10. The normalized spacial score (nSPS) is 19.2. The topological polar surface area (TPSA) is 106 Å². The molecule has 3 amide bonds. The van der Waals surface area contributed by atoms with Crippen molar-refractivity contribution in [2.75, 3.05) is 20.2 Å². The van der Waals surface area contributed by atoms with Gasteiger partial charge in [0.25, 0.3) is 11.8 Å². The lowest BCUT2D eigenvalue weighted by atomic mass is 9.93. The van der Waals surface area contributed by atoms with Crippen LogP contribution in [-0.4, -0.2) is 57.9 Å². The fraction of sp³-hybridized carbons (Fsp3) is 0.500. The maximum Gasteiger partial charge on any atom is 0.273 e. The van der Waals surface area contributed by atoms with E-state index in [-0.39, 0.29) is 35.7 Å². The molecule has 2 aromatic rings. The summed E-state index contributed by atoms with van der Waals surface area (Å²) in [5, 5.41) is 5.91. The zero-order chi connectivity index (χ0) is 26.4. The van der Waals surface area contributed by atoms with Crippen molar-refractivity contribution in [3.05, 3.63) is 59.2 Å². The van der Waals surface area contributed by atoms with Crippen LogP contribution in [0.4, 0.5) is 0 Å². The predicted molar refractivity (Wildman–Crippen MR) is 140 cm³/mol. The summed E-state index contributed by atoms with van der Waals surface area (Å²) in [7, 11) is 1.61. The smallest absolute Gasteiger partial charge is 0.273 e. The van der Waals surface area contributed by atoms with E-state index in [2.05, 4.69) is 21.7 Å². The Bertz CT molecular complexity index is 1170. The Labute approximate surface area is 218 Å². The first-order chi connectivity index (χ1) is 17.9. The number of amides is 3. The Morgan fingerprint density at radius 1 is 1.16 bits per heavy atom. The van der Waals surface area contributed by atoms with Gasteiger partial charge in [0.2, 0.25) is 5.91 Å². The molecule has 1 aromatic heterocycles. The van der Waals surface area contributed by atoms with E-state index in [1.54, 1.807) is 23.5 Å². The summed E-state index contributed by atoms with van der Waals surface area (Å²) < 4.78 is 6.83. The number of rotatable bonds is 10. The molecule has 9 nitrogen and oxygen atoms in total. The molecular weight excluding hydrogens is 470 g/mol. The number of nitrogens with one attached hydrogen (secondary N) is 2. The van der Waals surface area contributed by atoms with E-state index in [0.717, 1.165) is 30.6 Å². The first kappa shape index (κ1) is 26.4. The number of ether oxygens (including phenoxy) is 1. The maximum atomic E-state index is 13.7. The molecule has 1 aromatic carbocycles. The molecule has 2 N–H and O–H groups in total. The lowest BCUT2D eigenvalue weighted by molar-refractivity contribution is -0.133. The Balaban J connectivity index is 1.47. The van der Waals surface area contributed by atoms with Gasteiger partial charge in [0.05, 0.1) is 20.0 Å². The van der Waals surface area contributed by atoms with E-state index in [0.29, 0.717) is 26.1 Å². The molecular formula is C28H37N5O4. The molecule has 0 bridgehead atoms. The van der Waals surface area contributed by atoms with Crippen molar-refractivity contribution in [1.82, 2.24) is 25.1 Å². The molecule has 0 radical (unpaired) electrons. The summed E-state index contributed by atoms with van der Waals surface area (Å²) in [6.07, 6.45) is 9.85. The number of nitrogens with zero attached hydrogens (tertiary/aromatic N) is 3. The molecule has 1 atom stereocenters. The zero-order valence-electron chi connectivity index (χ0n) is 22.0. The van der Waals surface area contributed by atoms with Crippen LogP contribution in [0, 0.1) is 0 Å². The van der Waals surface area contributed by atoms with E-state index in [4.69, 9.17) is 4.74 Å². The van der Waals surface area contributed by atoms with Gasteiger partial charge in [-0.05, 0) is 63.1 Å². The van der Waals surface area contributed by atoms with E-state index in [1.165, 1.54) is 24.7 Å². The van der Waals surface area contributed by atoms with Gasteiger partial charge in [-0.1, -0.05) is 30.7 Å². The molecule has 0 saturated carbocycles. The fourth-order valence-corrected chi connectivity index (χ4v) is 5.10. The molecule has 1 aliphatic heterocycles. The highest BCUT2D eigenvalue weighted by atomic mass is 16.5. The number of carbonyl (C=O) groups is 3. The SMILES string of the molecule is CCCN1C(=O)c2c(C(=O)NCCC3=CCCCC3)ncn2C[C@]1(C)C(=O)NCc1ccc(OC)cc1. The van der Waals surface area contributed by atoms with Gasteiger partial charge in [0.15, 0.2) is 5.69 Å². The number of aromatic nitrogens is 2. The molecule has 0 saturated heterocycles. The Hall–Kier alpha value is -3.62. The summed E-state index contributed by atoms with van der Waals surface area (Å²) in [6.45, 7) is 5.18. The maximum absolute atomic E-state index is 13.7. The van der Waals surface area contributed by atoms with Crippen LogP contribution in [0.2, 0.25) is 0 Å². The monoisotopic (exact) mass is 507 g/mol. The summed E-state index contributed by atoms with van der Waals surface area (Å²) in [5.41, 5.74) is 1.54. The highest BCUT2D eigenvalue weighted by molar-refractivity contribution is 6.07. The Morgan fingerprint density at radius 3 is 2.62 bits per heavy atom. The van der Waals surface area contributed by atoms with Gasteiger partial charge in [-0.2, -0.15) is 0 Å². The van der Waals surface area contributed by atoms with Crippen molar-refractivity contribution in [2.45, 2.75) is 71.0 Å². The average Bonchev–Trinajstić information content (AvgIpc) is 3.34. The van der Waals surface area contributed by atoms with Crippen LogP contribution in [0.15, 0.2) is 42.2 Å². The Morgan fingerprint density at radius 2 is 1.95 bits per heavy atom. The minimum atomic E-state index is -1.12. The van der Waals surface area contributed by atoms with Crippen LogP contribution >= 0.6 is 0 Å². The number of imidazole rings is 1. The van der Waals surface area contributed by atoms with Gasteiger partial charge in [-0.15, -0.1) is 0 Å². The molecule has 0 spiro atoms. The third kappa shape index (κ3) is 5.70. The molecule has 9 heteroatoms. The number of fused-ring (bicyclic) bond motifs is 1. The average molecular weight is 508 g/mol.